The van der Waals surface area contributed by atoms with E-state index in [2.05, 4.69) is 5.32 Å². The number of fused-ring (bicyclic) bond motifs is 1. The van der Waals surface area contributed by atoms with Gasteiger partial charge in [-0.3, -0.25) is 0 Å². The van der Waals surface area contributed by atoms with E-state index in [0.717, 1.165) is 59.8 Å². The summed E-state index contributed by atoms with van der Waals surface area (Å²) >= 11 is 11.5. The summed E-state index contributed by atoms with van der Waals surface area (Å²) in [6.07, 6.45) is 4.65. The summed E-state index contributed by atoms with van der Waals surface area (Å²) in [5, 5.41) is 23.6. The van der Waals surface area contributed by atoms with Crippen molar-refractivity contribution in [1.82, 2.24) is 5.32 Å². The first-order valence-electron chi connectivity index (χ1n) is 8.59. The van der Waals surface area contributed by atoms with Gasteiger partial charge in [-0.25, -0.2) is 0 Å². The van der Waals surface area contributed by atoms with Gasteiger partial charge in [-0.2, -0.15) is 0 Å². The maximum atomic E-state index is 9.77. The highest BCUT2D eigenvalue weighted by molar-refractivity contribution is 7.80. The van der Waals surface area contributed by atoms with Gasteiger partial charge < -0.3 is 15.5 Å². The van der Waals surface area contributed by atoms with Crippen LogP contribution in [0.25, 0.3) is 0 Å². The Kier molecular flexibility index (Phi) is 5.82. The van der Waals surface area contributed by atoms with Crippen molar-refractivity contribution in [1.29, 1.82) is 0 Å². The molecule has 0 bridgehead atoms. The predicted molar refractivity (Wildman–Crippen MR) is 106 cm³/mol. The quantitative estimate of drug-likeness (QED) is 0.421. The highest BCUT2D eigenvalue weighted by Gasteiger charge is 2.21. The number of phenolic OH excluding ortho intramolecular Hbond substituents is 2. The van der Waals surface area contributed by atoms with E-state index in [1.807, 2.05) is 24.3 Å². The van der Waals surface area contributed by atoms with Gasteiger partial charge in [0.25, 0.3) is 0 Å². The number of rotatable bonds is 4. The van der Waals surface area contributed by atoms with Crippen molar-refractivity contribution in [2.45, 2.75) is 32.1 Å². The molecule has 5 heteroatoms. The molecule has 132 valence electrons. The summed E-state index contributed by atoms with van der Waals surface area (Å²) in [4.78, 5) is 0.884. The summed E-state index contributed by atoms with van der Waals surface area (Å²) in [6.45, 7) is 0.796. The lowest BCUT2D eigenvalue weighted by molar-refractivity contribution is 0.402. The second kappa shape index (κ2) is 8.07. The largest absolute Gasteiger partial charge is 0.504 e. The Morgan fingerprint density at radius 2 is 1.80 bits per heavy atom. The van der Waals surface area contributed by atoms with Gasteiger partial charge in [-0.15, -0.1) is 0 Å². The minimum atomic E-state index is -0.0546. The predicted octanol–water partition coefficient (Wildman–Crippen LogP) is 4.41. The third kappa shape index (κ3) is 4.65. The molecule has 1 atom stereocenters. The highest BCUT2D eigenvalue weighted by Crippen LogP contribution is 2.33. The maximum absolute atomic E-state index is 9.77. The van der Waals surface area contributed by atoms with Crippen molar-refractivity contribution in [2.75, 3.05) is 6.54 Å². The van der Waals surface area contributed by atoms with Crippen molar-refractivity contribution < 1.29 is 10.2 Å². The first kappa shape index (κ1) is 18.0. The van der Waals surface area contributed by atoms with Crippen molar-refractivity contribution in [2.24, 2.45) is 5.92 Å². The van der Waals surface area contributed by atoms with E-state index in [-0.39, 0.29) is 17.4 Å². The molecule has 1 aliphatic carbocycles. The van der Waals surface area contributed by atoms with Crippen LogP contribution in [0.1, 0.15) is 29.5 Å². The zero-order valence-electron chi connectivity index (χ0n) is 14.0. The molecule has 3 N–H and O–H groups in total. The summed E-state index contributed by atoms with van der Waals surface area (Å²) in [5.41, 5.74) is 3.42. The Balaban J connectivity index is 1.58. The summed E-state index contributed by atoms with van der Waals surface area (Å²) < 4.78 is 0. The van der Waals surface area contributed by atoms with Gasteiger partial charge in [0.2, 0.25) is 0 Å². The van der Waals surface area contributed by atoms with E-state index >= 15 is 0 Å². The van der Waals surface area contributed by atoms with Gasteiger partial charge in [0.15, 0.2) is 11.5 Å². The fourth-order valence-corrected chi connectivity index (χ4v) is 3.77. The Morgan fingerprint density at radius 1 is 1.12 bits per heavy atom. The molecular formula is C20H22ClNO2S. The van der Waals surface area contributed by atoms with Crippen LogP contribution in [0.2, 0.25) is 5.02 Å². The highest BCUT2D eigenvalue weighted by atomic mass is 35.5. The van der Waals surface area contributed by atoms with E-state index in [1.54, 1.807) is 12.1 Å². The van der Waals surface area contributed by atoms with Gasteiger partial charge in [0.05, 0.1) is 4.99 Å². The molecular weight excluding hydrogens is 354 g/mol. The fraction of sp³-hybridized carbons (Fsp3) is 0.350. The molecule has 2 aromatic carbocycles. The van der Waals surface area contributed by atoms with Crippen molar-refractivity contribution in [3.05, 3.63) is 58.1 Å². The van der Waals surface area contributed by atoms with Gasteiger partial charge >= 0.3 is 0 Å². The second-order valence-corrected chi connectivity index (χ2v) is 7.45. The summed E-state index contributed by atoms with van der Waals surface area (Å²) in [7, 11) is 0. The lowest BCUT2D eigenvalue weighted by atomic mass is 9.96. The number of hydrogen-bond donors (Lipinski definition) is 3. The smallest absolute Gasteiger partial charge is 0.157 e. The van der Waals surface area contributed by atoms with Crippen LogP contribution < -0.4 is 5.32 Å². The minimum absolute atomic E-state index is 0.0409. The molecule has 0 heterocycles. The Labute approximate surface area is 158 Å². The number of nitrogens with one attached hydrogen (secondary N) is 1. The van der Waals surface area contributed by atoms with Crippen molar-refractivity contribution >= 4 is 28.8 Å². The van der Waals surface area contributed by atoms with E-state index < -0.39 is 0 Å². The first-order valence-corrected chi connectivity index (χ1v) is 9.37. The Morgan fingerprint density at radius 3 is 2.52 bits per heavy atom. The van der Waals surface area contributed by atoms with Gasteiger partial charge in [0.1, 0.15) is 0 Å². The first-order chi connectivity index (χ1) is 12.0. The Hall–Kier alpha value is -1.78. The average molecular weight is 376 g/mol. The van der Waals surface area contributed by atoms with E-state index in [4.69, 9.17) is 23.8 Å². The number of thiocarbonyl (C=S) groups is 1. The normalized spacial score (nSPS) is 16.8. The molecule has 0 amide bonds. The van der Waals surface area contributed by atoms with Crippen molar-refractivity contribution in [3.8, 4) is 11.5 Å². The second-order valence-electron chi connectivity index (χ2n) is 6.57. The molecule has 0 aliphatic heterocycles. The molecule has 2 aromatic rings. The number of halogens is 1. The van der Waals surface area contributed by atoms with E-state index in [9.17, 15) is 10.2 Å². The van der Waals surface area contributed by atoms with Crippen LogP contribution in [0.4, 0.5) is 0 Å². The van der Waals surface area contributed by atoms with E-state index in [1.165, 1.54) is 5.56 Å². The third-order valence-electron chi connectivity index (χ3n) is 4.76. The number of aryl methyl sites for hydroxylation is 1. The van der Waals surface area contributed by atoms with E-state index in [0.29, 0.717) is 0 Å². The lowest BCUT2D eigenvalue weighted by Crippen LogP contribution is -2.31. The van der Waals surface area contributed by atoms with Crippen molar-refractivity contribution in [3.63, 3.8) is 0 Å². The Bertz CT molecular complexity index is 761. The molecule has 1 aliphatic rings. The average Bonchev–Trinajstić information content (AvgIpc) is 2.79. The zero-order valence-corrected chi connectivity index (χ0v) is 15.5. The monoisotopic (exact) mass is 375 g/mol. The molecule has 0 saturated carbocycles. The number of aromatic hydroxyl groups is 2. The minimum Gasteiger partial charge on any atom is -0.504 e. The van der Waals surface area contributed by atoms with Crippen LogP contribution in [0, 0.1) is 5.92 Å². The van der Waals surface area contributed by atoms with Crippen LogP contribution in [0.5, 0.6) is 11.5 Å². The fourth-order valence-electron chi connectivity index (χ4n) is 3.34. The molecule has 0 radical (unpaired) electrons. The number of phenols is 2. The van der Waals surface area contributed by atoms with Crippen LogP contribution in [0.15, 0.2) is 36.4 Å². The zero-order chi connectivity index (χ0) is 17.8. The van der Waals surface area contributed by atoms with Crippen LogP contribution in [-0.2, 0) is 19.3 Å². The van der Waals surface area contributed by atoms with Crippen LogP contribution in [0.3, 0.4) is 0 Å². The maximum Gasteiger partial charge on any atom is 0.157 e. The number of benzene rings is 2. The molecule has 0 aromatic heterocycles. The molecule has 0 fully saturated rings. The lowest BCUT2D eigenvalue weighted by Gasteiger charge is -2.18. The summed E-state index contributed by atoms with van der Waals surface area (Å²) in [6, 6.07) is 11.2. The molecule has 3 rings (SSSR count). The summed E-state index contributed by atoms with van der Waals surface area (Å²) in [5.74, 6) is 0.173. The topological polar surface area (TPSA) is 52.5 Å². The molecule has 0 saturated heterocycles. The molecule has 0 spiro atoms. The number of hydrogen-bond acceptors (Lipinski definition) is 3. The standard InChI is InChI=1S/C20H22ClNO2S/c21-17-6-4-13(5-7-17)8-9-22-20(25)15-3-1-2-14-11-18(23)19(24)12-16(14)10-15/h4-7,11-12,15,23-24H,1-3,8-10H2,(H,22,25). The van der Waals surface area contributed by atoms with Crippen LogP contribution in [-0.4, -0.2) is 21.7 Å². The molecule has 3 nitrogen and oxygen atoms in total. The van der Waals surface area contributed by atoms with Crippen LogP contribution >= 0.6 is 23.8 Å². The van der Waals surface area contributed by atoms with Gasteiger partial charge in [-0.1, -0.05) is 36.0 Å². The van der Waals surface area contributed by atoms with Gasteiger partial charge in [-0.05, 0) is 73.1 Å². The molecule has 25 heavy (non-hydrogen) atoms. The molecule has 1 unspecified atom stereocenters. The van der Waals surface area contributed by atoms with Gasteiger partial charge in [0, 0.05) is 17.5 Å². The SMILES string of the molecule is Oc1cc2c(cc1O)CC(C(=S)NCCc1ccc(Cl)cc1)CCC2. The third-order valence-corrected chi connectivity index (χ3v) is 5.49.